The van der Waals surface area contributed by atoms with Gasteiger partial charge in [-0.25, -0.2) is 0 Å². The lowest BCUT2D eigenvalue weighted by Crippen LogP contribution is -2.23. The van der Waals surface area contributed by atoms with Crippen LogP contribution in [0.25, 0.3) is 11.1 Å². The lowest BCUT2D eigenvalue weighted by Gasteiger charge is -2.31. The van der Waals surface area contributed by atoms with Crippen LogP contribution in [0, 0.1) is 0 Å². The van der Waals surface area contributed by atoms with Gasteiger partial charge in [0.2, 0.25) is 0 Å². The average Bonchev–Trinajstić information content (AvgIpc) is 2.57. The van der Waals surface area contributed by atoms with E-state index in [1.54, 1.807) is 12.4 Å². The maximum Gasteiger partial charge on any atom is 0.307 e. The van der Waals surface area contributed by atoms with Crippen molar-refractivity contribution in [2.24, 2.45) is 0 Å². The number of pyridine rings is 1. The summed E-state index contributed by atoms with van der Waals surface area (Å²) in [5.74, 6) is -0.835. The molecule has 1 aromatic heterocycles. The summed E-state index contributed by atoms with van der Waals surface area (Å²) in [5.41, 5.74) is 4.39. The Kier molecular flexibility index (Phi) is 5.54. The van der Waals surface area contributed by atoms with E-state index in [-0.39, 0.29) is 11.8 Å². The number of hydrogen-bond donors (Lipinski definition) is 1. The Hall–Kier alpha value is -2.16. The number of nitrogens with zero attached hydrogens (tertiary/aromatic N) is 1. The van der Waals surface area contributed by atoms with Gasteiger partial charge in [-0.3, -0.25) is 9.78 Å². The molecule has 3 nitrogen and oxygen atoms in total. The molecule has 0 radical (unpaired) electrons. The highest BCUT2D eigenvalue weighted by Gasteiger charge is 2.25. The molecule has 0 spiro atoms. The lowest BCUT2D eigenvalue weighted by molar-refractivity contribution is -0.136. The van der Waals surface area contributed by atoms with Gasteiger partial charge in [0.15, 0.2) is 0 Å². The van der Waals surface area contributed by atoms with Crippen LogP contribution in [0.4, 0.5) is 0 Å². The maximum absolute atomic E-state index is 10.8. The van der Waals surface area contributed by atoms with Crippen LogP contribution >= 0.6 is 0 Å². The van der Waals surface area contributed by atoms with E-state index in [1.807, 2.05) is 6.07 Å². The quantitative estimate of drug-likeness (QED) is 0.795. The molecule has 0 saturated carbocycles. The summed E-state index contributed by atoms with van der Waals surface area (Å²) in [6.07, 6.45) is 6.80. The molecule has 0 saturated heterocycles. The molecule has 0 fully saturated rings. The van der Waals surface area contributed by atoms with E-state index in [0.29, 0.717) is 0 Å². The highest BCUT2D eigenvalue weighted by molar-refractivity contribution is 5.71. The van der Waals surface area contributed by atoms with Crippen LogP contribution in [0.15, 0.2) is 42.7 Å². The van der Waals surface area contributed by atoms with Gasteiger partial charge in [-0.15, -0.1) is 0 Å². The summed E-state index contributed by atoms with van der Waals surface area (Å²) in [6, 6.07) is 10.5. The molecule has 0 amide bonds. The van der Waals surface area contributed by atoms with E-state index >= 15 is 0 Å². The highest BCUT2D eigenvalue weighted by atomic mass is 16.4. The predicted molar refractivity (Wildman–Crippen MR) is 93.6 cm³/mol. The van der Waals surface area contributed by atoms with Gasteiger partial charge in [0.1, 0.15) is 0 Å². The number of carboxylic acid groups (broad SMARTS) is 1. The van der Waals surface area contributed by atoms with Crippen molar-refractivity contribution in [2.75, 3.05) is 0 Å². The molecular weight excluding hydrogens is 286 g/mol. The molecular formula is C20H25NO2. The van der Waals surface area contributed by atoms with Crippen LogP contribution in [0.1, 0.15) is 51.2 Å². The van der Waals surface area contributed by atoms with Crippen LogP contribution in [-0.4, -0.2) is 16.1 Å². The van der Waals surface area contributed by atoms with Crippen molar-refractivity contribution < 1.29 is 9.90 Å². The number of aliphatic carboxylic acids is 1. The van der Waals surface area contributed by atoms with Crippen molar-refractivity contribution in [3.05, 3.63) is 53.9 Å². The van der Waals surface area contributed by atoms with Gasteiger partial charge in [0.05, 0.1) is 6.42 Å². The van der Waals surface area contributed by atoms with Gasteiger partial charge in [0.25, 0.3) is 0 Å². The third-order valence-corrected chi connectivity index (χ3v) is 5.01. The third kappa shape index (κ3) is 3.79. The Balaban J connectivity index is 2.31. The fraction of sp³-hybridized carbons (Fsp3) is 0.400. The molecule has 1 heterocycles. The fourth-order valence-electron chi connectivity index (χ4n) is 3.30. The van der Waals surface area contributed by atoms with E-state index in [0.717, 1.165) is 36.0 Å². The summed E-state index contributed by atoms with van der Waals surface area (Å²) >= 11 is 0. The van der Waals surface area contributed by atoms with Crippen LogP contribution in [0.2, 0.25) is 0 Å². The summed E-state index contributed by atoms with van der Waals surface area (Å²) in [4.78, 5) is 15.0. The number of rotatable bonds is 7. The standard InChI is InChI=1S/C20H25NO2/c1-4-20(5-2,6-3)18-9-7-16(8-10-18)17-11-15(12-19(22)23)13-21-14-17/h7-11,13-14H,4-6,12H2,1-3H3,(H,22,23). The molecule has 3 heteroatoms. The number of hydrogen-bond acceptors (Lipinski definition) is 2. The Labute approximate surface area is 138 Å². The third-order valence-electron chi connectivity index (χ3n) is 5.01. The molecule has 0 aliphatic carbocycles. The minimum absolute atomic E-state index is 0.00351. The van der Waals surface area contributed by atoms with Gasteiger partial charge in [-0.1, -0.05) is 45.0 Å². The molecule has 23 heavy (non-hydrogen) atoms. The van der Waals surface area contributed by atoms with Gasteiger partial charge in [0, 0.05) is 18.0 Å². The minimum Gasteiger partial charge on any atom is -0.481 e. The van der Waals surface area contributed by atoms with E-state index in [9.17, 15) is 4.79 Å². The summed E-state index contributed by atoms with van der Waals surface area (Å²) in [5, 5.41) is 8.91. The molecule has 2 aromatic rings. The van der Waals surface area contributed by atoms with Crippen molar-refractivity contribution in [1.29, 1.82) is 0 Å². The monoisotopic (exact) mass is 311 g/mol. The first-order valence-electron chi connectivity index (χ1n) is 8.31. The first-order valence-corrected chi connectivity index (χ1v) is 8.31. The predicted octanol–water partition coefficient (Wildman–Crippen LogP) is 4.84. The topological polar surface area (TPSA) is 50.2 Å². The molecule has 0 bridgehead atoms. The molecule has 1 N–H and O–H groups in total. The zero-order valence-corrected chi connectivity index (χ0v) is 14.2. The van der Waals surface area contributed by atoms with Crippen LogP contribution in [0.5, 0.6) is 0 Å². The fourth-order valence-corrected chi connectivity index (χ4v) is 3.30. The smallest absolute Gasteiger partial charge is 0.307 e. The van der Waals surface area contributed by atoms with Crippen molar-refractivity contribution in [3.8, 4) is 11.1 Å². The first-order chi connectivity index (χ1) is 11.0. The highest BCUT2D eigenvalue weighted by Crippen LogP contribution is 2.35. The summed E-state index contributed by atoms with van der Waals surface area (Å²) in [6.45, 7) is 6.75. The molecule has 122 valence electrons. The molecule has 0 unspecified atom stereocenters. The summed E-state index contributed by atoms with van der Waals surface area (Å²) < 4.78 is 0. The second-order valence-corrected chi connectivity index (χ2v) is 6.07. The average molecular weight is 311 g/mol. The Bertz CT molecular complexity index is 649. The van der Waals surface area contributed by atoms with Gasteiger partial charge in [-0.05, 0) is 47.4 Å². The molecule has 2 rings (SSSR count). The minimum atomic E-state index is -0.835. The number of aromatic nitrogens is 1. The second kappa shape index (κ2) is 7.40. The Morgan fingerprint density at radius 3 is 2.13 bits per heavy atom. The number of carboxylic acids is 1. The van der Waals surface area contributed by atoms with Gasteiger partial charge < -0.3 is 5.11 Å². The van der Waals surface area contributed by atoms with Crippen LogP contribution in [0.3, 0.4) is 0 Å². The second-order valence-electron chi connectivity index (χ2n) is 6.07. The maximum atomic E-state index is 10.8. The number of benzene rings is 1. The zero-order valence-electron chi connectivity index (χ0n) is 14.2. The van der Waals surface area contributed by atoms with Crippen molar-refractivity contribution in [2.45, 2.75) is 51.9 Å². The van der Waals surface area contributed by atoms with Gasteiger partial charge >= 0.3 is 5.97 Å². The van der Waals surface area contributed by atoms with E-state index in [2.05, 4.69) is 50.0 Å². The summed E-state index contributed by atoms with van der Waals surface area (Å²) in [7, 11) is 0. The van der Waals surface area contributed by atoms with Crippen LogP contribution in [-0.2, 0) is 16.6 Å². The molecule has 0 atom stereocenters. The van der Waals surface area contributed by atoms with Crippen molar-refractivity contribution >= 4 is 5.97 Å². The largest absolute Gasteiger partial charge is 0.481 e. The normalized spacial score (nSPS) is 11.4. The first kappa shape index (κ1) is 17.2. The van der Waals surface area contributed by atoms with E-state index in [1.165, 1.54) is 5.56 Å². The zero-order chi connectivity index (χ0) is 16.9. The van der Waals surface area contributed by atoms with E-state index in [4.69, 9.17) is 5.11 Å². The van der Waals surface area contributed by atoms with Crippen molar-refractivity contribution in [1.82, 2.24) is 4.98 Å². The Morgan fingerprint density at radius 1 is 1.00 bits per heavy atom. The number of carbonyl (C=O) groups is 1. The van der Waals surface area contributed by atoms with Crippen LogP contribution < -0.4 is 0 Å². The molecule has 1 aromatic carbocycles. The molecule has 0 aliphatic heterocycles. The van der Waals surface area contributed by atoms with Crippen molar-refractivity contribution in [3.63, 3.8) is 0 Å². The van der Waals surface area contributed by atoms with Gasteiger partial charge in [-0.2, -0.15) is 0 Å². The van der Waals surface area contributed by atoms with E-state index < -0.39 is 5.97 Å². The SMILES string of the molecule is CCC(CC)(CC)c1ccc(-c2cncc(CC(=O)O)c2)cc1. The Morgan fingerprint density at radius 2 is 1.61 bits per heavy atom. The lowest BCUT2D eigenvalue weighted by atomic mass is 9.73. The molecule has 0 aliphatic rings.